The zero-order chi connectivity index (χ0) is 15.5. The third-order valence-corrected chi connectivity index (χ3v) is 4.11. The fourth-order valence-corrected chi connectivity index (χ4v) is 2.66. The fourth-order valence-electron chi connectivity index (χ4n) is 2.26. The van der Waals surface area contributed by atoms with Crippen LogP contribution in [0.5, 0.6) is 5.75 Å². The molecule has 0 spiro atoms. The maximum absolute atomic E-state index is 10.1. The van der Waals surface area contributed by atoms with Crippen molar-refractivity contribution in [3.05, 3.63) is 54.7 Å². The Morgan fingerprint density at radius 2 is 1.73 bits per heavy atom. The van der Waals surface area contributed by atoms with E-state index in [1.165, 1.54) is 4.90 Å². The van der Waals surface area contributed by atoms with Crippen LogP contribution in [-0.2, 0) is 0 Å². The number of rotatable bonds is 3. The summed E-state index contributed by atoms with van der Waals surface area (Å²) in [4.78, 5) is 9.60. The van der Waals surface area contributed by atoms with Gasteiger partial charge in [-0.1, -0.05) is 24.3 Å². The number of nitrogens with two attached hydrogens (primary N) is 1. The molecule has 3 aromatic rings. The highest BCUT2D eigenvalue weighted by Crippen LogP contribution is 2.35. The first-order valence-corrected chi connectivity index (χ1v) is 7.97. The summed E-state index contributed by atoms with van der Waals surface area (Å²) in [6.07, 6.45) is 3.73. The molecule has 110 valence electrons. The van der Waals surface area contributed by atoms with Gasteiger partial charge in [0.2, 0.25) is 5.95 Å². The molecule has 0 aliphatic carbocycles. The average Bonchev–Trinajstić information content (AvgIpc) is 2.55. The van der Waals surface area contributed by atoms with Crippen molar-refractivity contribution in [2.75, 3.05) is 12.0 Å². The summed E-state index contributed by atoms with van der Waals surface area (Å²) in [6.45, 7) is 0. The predicted molar refractivity (Wildman–Crippen MR) is 90.8 cm³/mol. The Morgan fingerprint density at radius 1 is 1.00 bits per heavy atom. The normalized spacial score (nSPS) is 10.6. The van der Waals surface area contributed by atoms with Crippen LogP contribution in [0.2, 0.25) is 0 Å². The zero-order valence-electron chi connectivity index (χ0n) is 12.0. The quantitative estimate of drug-likeness (QED) is 0.720. The molecule has 0 aliphatic heterocycles. The second-order valence-electron chi connectivity index (χ2n) is 4.74. The van der Waals surface area contributed by atoms with Crippen LogP contribution in [0.15, 0.2) is 59.6 Å². The topological polar surface area (TPSA) is 72.0 Å². The SMILES string of the molecule is CSc1ccc(-c2cnc(N)nc2-c2ccccc2O)cc1. The number of nitrogen functional groups attached to an aromatic ring is 1. The number of benzene rings is 2. The van der Waals surface area contributed by atoms with Gasteiger partial charge >= 0.3 is 0 Å². The lowest BCUT2D eigenvalue weighted by atomic mass is 10.0. The molecule has 0 bridgehead atoms. The maximum Gasteiger partial charge on any atom is 0.220 e. The Bertz CT molecular complexity index is 803. The molecule has 3 rings (SSSR count). The average molecular weight is 309 g/mol. The van der Waals surface area contributed by atoms with Gasteiger partial charge in [-0.15, -0.1) is 11.8 Å². The summed E-state index contributed by atoms with van der Waals surface area (Å²) in [6, 6.07) is 15.2. The smallest absolute Gasteiger partial charge is 0.220 e. The molecule has 5 heteroatoms. The van der Waals surface area contributed by atoms with Gasteiger partial charge in [0.1, 0.15) is 5.75 Å². The maximum atomic E-state index is 10.1. The third-order valence-electron chi connectivity index (χ3n) is 3.37. The Hall–Kier alpha value is -2.53. The number of thioether (sulfide) groups is 1. The van der Waals surface area contributed by atoms with E-state index in [9.17, 15) is 5.11 Å². The molecule has 1 aromatic heterocycles. The van der Waals surface area contributed by atoms with Gasteiger partial charge < -0.3 is 10.8 Å². The lowest BCUT2D eigenvalue weighted by Gasteiger charge is -2.11. The number of hydrogen-bond acceptors (Lipinski definition) is 5. The van der Waals surface area contributed by atoms with Crippen molar-refractivity contribution in [1.82, 2.24) is 9.97 Å². The van der Waals surface area contributed by atoms with E-state index in [4.69, 9.17) is 5.73 Å². The summed E-state index contributed by atoms with van der Waals surface area (Å²) in [5.74, 6) is 0.352. The highest BCUT2D eigenvalue weighted by atomic mass is 32.2. The van der Waals surface area contributed by atoms with Gasteiger partial charge in [-0.25, -0.2) is 9.97 Å². The number of anilines is 1. The van der Waals surface area contributed by atoms with E-state index in [2.05, 4.69) is 9.97 Å². The standard InChI is InChI=1S/C17H15N3OS/c1-22-12-8-6-11(7-9-12)14-10-19-17(18)20-16(14)13-4-2-3-5-15(13)21/h2-10,21H,1H3,(H2,18,19,20). The van der Waals surface area contributed by atoms with Gasteiger partial charge in [-0.3, -0.25) is 0 Å². The Kier molecular flexibility index (Phi) is 3.98. The molecule has 0 unspecified atom stereocenters. The molecular formula is C17H15N3OS. The van der Waals surface area contributed by atoms with E-state index >= 15 is 0 Å². The van der Waals surface area contributed by atoms with Gasteiger partial charge in [0.25, 0.3) is 0 Å². The first kappa shape index (κ1) is 14.4. The minimum absolute atomic E-state index is 0.169. The molecule has 0 amide bonds. The lowest BCUT2D eigenvalue weighted by Crippen LogP contribution is -1.98. The summed E-state index contributed by atoms with van der Waals surface area (Å²) < 4.78 is 0. The molecule has 22 heavy (non-hydrogen) atoms. The van der Waals surface area contributed by atoms with Crippen LogP contribution in [0.3, 0.4) is 0 Å². The highest BCUT2D eigenvalue weighted by molar-refractivity contribution is 7.98. The second-order valence-corrected chi connectivity index (χ2v) is 5.62. The number of phenols is 1. The summed E-state index contributed by atoms with van der Waals surface area (Å²) >= 11 is 1.69. The number of nitrogens with zero attached hydrogens (tertiary/aromatic N) is 2. The summed E-state index contributed by atoms with van der Waals surface area (Å²) in [5, 5.41) is 10.1. The van der Waals surface area contributed by atoms with Crippen molar-refractivity contribution in [3.8, 4) is 28.1 Å². The van der Waals surface area contributed by atoms with Gasteiger partial charge in [-0.2, -0.15) is 0 Å². The summed E-state index contributed by atoms with van der Waals surface area (Å²) in [7, 11) is 0. The third kappa shape index (κ3) is 2.76. The molecular weight excluding hydrogens is 294 g/mol. The minimum Gasteiger partial charge on any atom is -0.507 e. The van der Waals surface area contributed by atoms with Crippen molar-refractivity contribution in [3.63, 3.8) is 0 Å². The second kappa shape index (κ2) is 6.07. The van der Waals surface area contributed by atoms with Crippen LogP contribution in [0.1, 0.15) is 0 Å². The van der Waals surface area contributed by atoms with Crippen molar-refractivity contribution < 1.29 is 5.11 Å². The molecule has 4 nitrogen and oxygen atoms in total. The van der Waals surface area contributed by atoms with Gasteiger partial charge in [0.05, 0.1) is 5.69 Å². The molecule has 0 fully saturated rings. The van der Waals surface area contributed by atoms with Crippen molar-refractivity contribution in [1.29, 1.82) is 0 Å². The Labute approximate surface area is 133 Å². The molecule has 0 atom stereocenters. The van der Waals surface area contributed by atoms with Crippen molar-refractivity contribution in [2.45, 2.75) is 4.90 Å². The molecule has 0 saturated carbocycles. The van der Waals surface area contributed by atoms with E-state index in [0.29, 0.717) is 11.3 Å². The highest BCUT2D eigenvalue weighted by Gasteiger charge is 2.13. The number of phenolic OH excluding ortho intramolecular Hbond substituents is 1. The number of aromatic nitrogens is 2. The van der Waals surface area contributed by atoms with E-state index in [1.54, 1.807) is 30.1 Å². The molecule has 0 aliphatic rings. The Morgan fingerprint density at radius 3 is 2.41 bits per heavy atom. The van der Waals surface area contributed by atoms with Crippen molar-refractivity contribution in [2.24, 2.45) is 0 Å². The number of aromatic hydroxyl groups is 1. The molecule has 2 aromatic carbocycles. The molecule has 0 radical (unpaired) electrons. The van der Waals surface area contributed by atoms with Crippen LogP contribution in [0.4, 0.5) is 5.95 Å². The Balaban J connectivity index is 2.18. The van der Waals surface area contributed by atoms with Crippen molar-refractivity contribution >= 4 is 17.7 Å². The van der Waals surface area contributed by atoms with Crippen LogP contribution in [0.25, 0.3) is 22.4 Å². The van der Waals surface area contributed by atoms with Crippen LogP contribution in [0, 0.1) is 0 Å². The van der Waals surface area contributed by atoms with Gasteiger partial charge in [-0.05, 0) is 36.1 Å². The monoisotopic (exact) mass is 309 g/mol. The van der Waals surface area contributed by atoms with E-state index < -0.39 is 0 Å². The zero-order valence-corrected chi connectivity index (χ0v) is 12.8. The van der Waals surface area contributed by atoms with Crippen LogP contribution >= 0.6 is 11.8 Å². The fraction of sp³-hybridized carbons (Fsp3) is 0.0588. The molecule has 3 N–H and O–H groups in total. The van der Waals surface area contributed by atoms with E-state index in [0.717, 1.165) is 11.1 Å². The van der Waals surface area contributed by atoms with Crippen LogP contribution < -0.4 is 5.73 Å². The molecule has 0 saturated heterocycles. The lowest BCUT2D eigenvalue weighted by molar-refractivity contribution is 0.477. The number of para-hydroxylation sites is 1. The largest absolute Gasteiger partial charge is 0.507 e. The summed E-state index contributed by atoms with van der Waals surface area (Å²) in [5.41, 5.74) is 8.82. The first-order valence-electron chi connectivity index (χ1n) is 6.74. The van der Waals surface area contributed by atoms with Gasteiger partial charge in [0, 0.05) is 22.2 Å². The van der Waals surface area contributed by atoms with E-state index in [-0.39, 0.29) is 11.7 Å². The minimum atomic E-state index is 0.169. The predicted octanol–water partition coefficient (Wildman–Crippen LogP) is 3.82. The number of hydrogen-bond donors (Lipinski definition) is 2. The van der Waals surface area contributed by atoms with Gasteiger partial charge in [0.15, 0.2) is 0 Å². The first-order chi connectivity index (χ1) is 10.7. The molecule has 1 heterocycles. The van der Waals surface area contributed by atoms with Crippen LogP contribution in [-0.4, -0.2) is 21.3 Å². The van der Waals surface area contributed by atoms with E-state index in [1.807, 2.05) is 42.7 Å².